The number of hydrogen-bond donors (Lipinski definition) is 1. The van der Waals surface area contributed by atoms with Crippen LogP contribution in [-0.4, -0.2) is 7.05 Å². The molecule has 0 aliphatic rings. The van der Waals surface area contributed by atoms with E-state index in [-0.39, 0.29) is 0 Å². The van der Waals surface area contributed by atoms with Crippen LogP contribution in [0, 0.1) is 6.92 Å². The van der Waals surface area contributed by atoms with Gasteiger partial charge in [-0.1, -0.05) is 96.7 Å². The molecule has 0 spiro atoms. The van der Waals surface area contributed by atoms with Gasteiger partial charge in [-0.3, -0.25) is 0 Å². The number of allylic oxidation sites excluding steroid dienone is 8. The van der Waals surface area contributed by atoms with Gasteiger partial charge in [-0.05, 0) is 41.7 Å². The molecule has 1 aromatic rings. The minimum Gasteiger partial charge on any atom is -0.333 e. The predicted octanol–water partition coefficient (Wildman–Crippen LogP) is 6.40. The lowest BCUT2D eigenvalue weighted by Crippen LogP contribution is -1.69. The van der Waals surface area contributed by atoms with E-state index in [0.29, 0.717) is 0 Å². The third-order valence-corrected chi connectivity index (χ3v) is 2.08. The molecule has 0 heterocycles. The van der Waals surface area contributed by atoms with Gasteiger partial charge in [-0.2, -0.15) is 0 Å². The van der Waals surface area contributed by atoms with Gasteiger partial charge in [0.1, 0.15) is 0 Å². The highest BCUT2D eigenvalue weighted by Gasteiger charge is 1.72. The minimum atomic E-state index is 1.06. The summed E-state index contributed by atoms with van der Waals surface area (Å²) < 4.78 is 0. The molecular formula is C22H35N. The molecule has 1 nitrogen and oxygen atoms in total. The molecule has 0 aromatic heterocycles. The maximum absolute atomic E-state index is 4.50. The van der Waals surface area contributed by atoms with E-state index in [0.717, 1.165) is 5.57 Å². The Hall–Kier alpha value is -2.12. The second kappa shape index (κ2) is 22.2. The van der Waals surface area contributed by atoms with Crippen LogP contribution in [0.15, 0.2) is 91.1 Å². The van der Waals surface area contributed by atoms with E-state index in [1.165, 1.54) is 18.2 Å². The van der Waals surface area contributed by atoms with Crippen molar-refractivity contribution >= 4 is 0 Å². The molecule has 2 N–H and O–H groups in total. The summed E-state index contributed by atoms with van der Waals surface area (Å²) in [6, 6.07) is 10.3. The standard InChI is InChI=1S/C7H8.C7H12.C7H10.CH5N/c1-7-5-3-2-4-6-7;2*1-4-5-6-7(2)3;1-2/h2-6H,1H3;4-6H,1-3H3;4-6H,1-2H2,3H3;2H2,1H3/b;5-4-;6-5-;. The molecule has 0 bridgehead atoms. The Labute approximate surface area is 144 Å². The summed E-state index contributed by atoms with van der Waals surface area (Å²) in [4.78, 5) is 0. The third kappa shape index (κ3) is 33.0. The van der Waals surface area contributed by atoms with Crippen molar-refractivity contribution in [1.29, 1.82) is 0 Å². The lowest BCUT2D eigenvalue weighted by atomic mass is 10.2. The number of benzene rings is 1. The van der Waals surface area contributed by atoms with Gasteiger partial charge < -0.3 is 5.73 Å². The van der Waals surface area contributed by atoms with Crippen LogP contribution >= 0.6 is 0 Å². The number of hydrogen-bond acceptors (Lipinski definition) is 1. The van der Waals surface area contributed by atoms with Gasteiger partial charge in [-0.15, -0.1) is 0 Å². The monoisotopic (exact) mass is 313 g/mol. The van der Waals surface area contributed by atoms with E-state index in [9.17, 15) is 0 Å². The molecule has 0 fully saturated rings. The summed E-state index contributed by atoms with van der Waals surface area (Å²) in [6.07, 6.45) is 11.6. The molecule has 0 amide bonds. The molecule has 0 saturated heterocycles. The molecule has 0 aliphatic heterocycles. The normalized spacial score (nSPS) is 8.65. The van der Waals surface area contributed by atoms with Crippen molar-refractivity contribution in [1.82, 2.24) is 0 Å². The van der Waals surface area contributed by atoms with E-state index in [4.69, 9.17) is 0 Å². The molecule has 23 heavy (non-hydrogen) atoms. The molecule has 1 rings (SSSR count). The lowest BCUT2D eigenvalue weighted by molar-refractivity contribution is 1.39. The highest BCUT2D eigenvalue weighted by atomic mass is 14.4. The molecule has 0 aliphatic carbocycles. The molecular weight excluding hydrogens is 278 g/mol. The molecule has 0 unspecified atom stereocenters. The first kappa shape index (κ1) is 25.8. The smallest absolute Gasteiger partial charge is 0.0195 e. The summed E-state index contributed by atoms with van der Waals surface area (Å²) in [5, 5.41) is 0. The minimum absolute atomic E-state index is 1.06. The molecule has 0 radical (unpaired) electrons. The van der Waals surface area contributed by atoms with E-state index >= 15 is 0 Å². The van der Waals surface area contributed by atoms with Crippen LogP contribution in [0.3, 0.4) is 0 Å². The van der Waals surface area contributed by atoms with Crippen LogP contribution in [0.4, 0.5) is 0 Å². The number of nitrogens with two attached hydrogens (primary N) is 1. The van der Waals surface area contributed by atoms with E-state index in [2.05, 4.69) is 57.9 Å². The molecule has 0 atom stereocenters. The SMILES string of the molecule is C/C=C\C=C(C)C.C=C/C=C\C(=C)C.CN.Cc1ccccc1. The zero-order valence-electron chi connectivity index (χ0n) is 15.8. The fourth-order valence-electron chi connectivity index (χ4n) is 1.06. The second-order valence-electron chi connectivity index (χ2n) is 4.87. The zero-order valence-corrected chi connectivity index (χ0v) is 15.8. The Kier molecular flexibility index (Phi) is 24.9. The lowest BCUT2D eigenvalue weighted by Gasteiger charge is -1.82. The summed E-state index contributed by atoms with van der Waals surface area (Å²) in [7, 11) is 1.50. The first-order chi connectivity index (χ1) is 10.9. The van der Waals surface area contributed by atoms with E-state index < -0.39 is 0 Å². The Bertz CT molecular complexity index is 458. The maximum atomic E-state index is 4.50. The Morgan fingerprint density at radius 1 is 1.00 bits per heavy atom. The summed E-state index contributed by atoms with van der Waals surface area (Å²) in [5.74, 6) is 0. The fraction of sp³-hybridized carbons (Fsp3) is 0.273. The van der Waals surface area contributed by atoms with Crippen LogP contribution in [0.5, 0.6) is 0 Å². The van der Waals surface area contributed by atoms with Gasteiger partial charge in [0.2, 0.25) is 0 Å². The topological polar surface area (TPSA) is 26.0 Å². The Balaban J connectivity index is -0.000000247. The quantitative estimate of drug-likeness (QED) is 0.642. The van der Waals surface area contributed by atoms with Crippen molar-refractivity contribution < 1.29 is 0 Å². The van der Waals surface area contributed by atoms with Crippen LogP contribution < -0.4 is 5.73 Å². The largest absolute Gasteiger partial charge is 0.333 e. The Morgan fingerprint density at radius 2 is 1.52 bits per heavy atom. The fourth-order valence-corrected chi connectivity index (χ4v) is 1.06. The van der Waals surface area contributed by atoms with E-state index in [1.54, 1.807) is 6.08 Å². The number of aryl methyl sites for hydroxylation is 1. The molecule has 0 saturated carbocycles. The van der Waals surface area contributed by atoms with Gasteiger partial charge in [0.15, 0.2) is 0 Å². The highest BCUT2D eigenvalue weighted by Crippen LogP contribution is 1.92. The van der Waals surface area contributed by atoms with Crippen molar-refractivity contribution in [3.8, 4) is 0 Å². The first-order valence-electron chi connectivity index (χ1n) is 7.74. The average molecular weight is 314 g/mol. The highest BCUT2D eigenvalue weighted by molar-refractivity contribution is 5.15. The number of rotatable bonds is 3. The van der Waals surface area contributed by atoms with Crippen molar-refractivity contribution in [3.05, 3.63) is 96.7 Å². The van der Waals surface area contributed by atoms with Crippen LogP contribution in [0.2, 0.25) is 0 Å². The maximum Gasteiger partial charge on any atom is -0.0195 e. The van der Waals surface area contributed by atoms with Gasteiger partial charge in [-0.25, -0.2) is 0 Å². The summed E-state index contributed by atoms with van der Waals surface area (Å²) >= 11 is 0. The molecule has 1 aromatic carbocycles. The first-order valence-corrected chi connectivity index (χ1v) is 7.74. The van der Waals surface area contributed by atoms with Gasteiger partial charge in [0.05, 0.1) is 0 Å². The van der Waals surface area contributed by atoms with Gasteiger partial charge in [0.25, 0.3) is 0 Å². The van der Waals surface area contributed by atoms with Crippen LogP contribution in [0.25, 0.3) is 0 Å². The average Bonchev–Trinajstić information content (AvgIpc) is 2.54. The predicted molar refractivity (Wildman–Crippen MR) is 110 cm³/mol. The second-order valence-corrected chi connectivity index (χ2v) is 4.87. The van der Waals surface area contributed by atoms with Crippen molar-refractivity contribution in [2.24, 2.45) is 5.73 Å². The molecule has 1 heteroatoms. The zero-order chi connectivity index (χ0) is 18.5. The van der Waals surface area contributed by atoms with Crippen molar-refractivity contribution in [3.63, 3.8) is 0 Å². The summed E-state index contributed by atoms with van der Waals surface area (Å²) in [6.45, 7) is 17.4. The van der Waals surface area contributed by atoms with Gasteiger partial charge in [0, 0.05) is 0 Å². The Morgan fingerprint density at radius 3 is 1.70 bits per heavy atom. The van der Waals surface area contributed by atoms with Gasteiger partial charge >= 0.3 is 0 Å². The summed E-state index contributed by atoms with van der Waals surface area (Å²) in [5.41, 5.74) is 8.22. The van der Waals surface area contributed by atoms with Crippen molar-refractivity contribution in [2.45, 2.75) is 34.6 Å². The molecule has 128 valence electrons. The van der Waals surface area contributed by atoms with E-state index in [1.807, 2.05) is 56.4 Å². The van der Waals surface area contributed by atoms with Crippen LogP contribution in [0.1, 0.15) is 33.3 Å². The van der Waals surface area contributed by atoms with Crippen molar-refractivity contribution in [2.75, 3.05) is 7.05 Å². The third-order valence-electron chi connectivity index (χ3n) is 2.08. The van der Waals surface area contributed by atoms with Crippen LogP contribution in [-0.2, 0) is 0 Å².